The average Bonchev–Trinajstić information content (AvgIpc) is 2.05. The molecule has 0 heterocycles. The van der Waals surface area contributed by atoms with Gasteiger partial charge in [0, 0.05) is 0 Å². The van der Waals surface area contributed by atoms with Crippen molar-refractivity contribution in [2.24, 2.45) is 0 Å². The zero-order valence-corrected chi connectivity index (χ0v) is 7.43. The van der Waals surface area contributed by atoms with Crippen molar-refractivity contribution in [1.82, 2.24) is 4.72 Å². The Bertz CT molecular complexity index is 375. The number of sulfonamides is 1. The van der Waals surface area contributed by atoms with Crippen molar-refractivity contribution in [3.8, 4) is 0 Å². The molecule has 0 unspecified atom stereocenters. The fourth-order valence-corrected chi connectivity index (χ4v) is 1.58. The topological polar surface area (TPSA) is 46.2 Å². The van der Waals surface area contributed by atoms with Crippen LogP contribution >= 0.6 is 0 Å². The van der Waals surface area contributed by atoms with Gasteiger partial charge in [0.15, 0.2) is 0 Å². The zero-order chi connectivity index (χ0) is 9.19. The summed E-state index contributed by atoms with van der Waals surface area (Å²) in [5.41, 5.74) is 0.436. The first-order chi connectivity index (χ1) is 5.56. The highest BCUT2D eigenvalue weighted by atomic mass is 32.2. The fourth-order valence-electron chi connectivity index (χ4n) is 0.800. The van der Waals surface area contributed by atoms with E-state index in [1.807, 2.05) is 0 Å². The third-order valence-electron chi connectivity index (χ3n) is 1.44. The van der Waals surface area contributed by atoms with E-state index in [1.165, 1.54) is 19.2 Å². The molecule has 12 heavy (non-hydrogen) atoms. The number of hydrogen-bond acceptors (Lipinski definition) is 2. The quantitative estimate of drug-likeness (QED) is 0.618. The summed E-state index contributed by atoms with van der Waals surface area (Å²) >= 11 is 0. The highest BCUT2D eigenvalue weighted by Gasteiger charge is 2.09. The lowest BCUT2D eigenvalue weighted by molar-refractivity contribution is 0.588. The van der Waals surface area contributed by atoms with E-state index in [4.69, 9.17) is 7.85 Å². The van der Waals surface area contributed by atoms with E-state index in [0.29, 0.717) is 5.46 Å². The Morgan fingerprint density at radius 2 is 2.08 bits per heavy atom. The summed E-state index contributed by atoms with van der Waals surface area (Å²) < 4.78 is 24.6. The van der Waals surface area contributed by atoms with E-state index >= 15 is 0 Å². The van der Waals surface area contributed by atoms with Crippen LogP contribution in [0.5, 0.6) is 0 Å². The molecular formula is C7H8BNO2S. The number of hydrogen-bond donors (Lipinski definition) is 1. The van der Waals surface area contributed by atoms with Crippen molar-refractivity contribution in [2.45, 2.75) is 4.90 Å². The molecule has 1 N–H and O–H groups in total. The second-order valence-corrected chi connectivity index (χ2v) is 4.17. The van der Waals surface area contributed by atoms with Crippen molar-refractivity contribution in [3.63, 3.8) is 0 Å². The van der Waals surface area contributed by atoms with Crippen molar-refractivity contribution in [3.05, 3.63) is 24.3 Å². The van der Waals surface area contributed by atoms with Gasteiger partial charge in [0.25, 0.3) is 0 Å². The second kappa shape index (κ2) is 3.29. The minimum atomic E-state index is -3.35. The van der Waals surface area contributed by atoms with Gasteiger partial charge in [-0.15, -0.1) is 0 Å². The number of nitrogens with one attached hydrogen (secondary N) is 1. The Balaban J connectivity index is 3.21. The van der Waals surface area contributed by atoms with Gasteiger partial charge in [-0.2, -0.15) is 0 Å². The lowest BCUT2D eigenvalue weighted by Crippen LogP contribution is -2.20. The van der Waals surface area contributed by atoms with Crippen LogP contribution < -0.4 is 10.2 Å². The molecule has 2 radical (unpaired) electrons. The van der Waals surface area contributed by atoms with E-state index in [1.54, 1.807) is 12.1 Å². The summed E-state index contributed by atoms with van der Waals surface area (Å²) in [7, 11) is 3.43. The molecular weight excluding hydrogens is 173 g/mol. The van der Waals surface area contributed by atoms with Crippen LogP contribution in [-0.2, 0) is 10.0 Å². The Morgan fingerprint density at radius 3 is 2.58 bits per heavy atom. The molecule has 0 aliphatic rings. The third-order valence-corrected chi connectivity index (χ3v) is 2.85. The van der Waals surface area contributed by atoms with Gasteiger partial charge < -0.3 is 0 Å². The highest BCUT2D eigenvalue weighted by molar-refractivity contribution is 7.89. The van der Waals surface area contributed by atoms with Gasteiger partial charge in [-0.05, 0) is 19.2 Å². The molecule has 1 aromatic carbocycles. The molecule has 0 aliphatic heterocycles. The van der Waals surface area contributed by atoms with Crippen LogP contribution in [0.4, 0.5) is 0 Å². The smallest absolute Gasteiger partial charge is 0.214 e. The van der Waals surface area contributed by atoms with Gasteiger partial charge in [-0.3, -0.25) is 0 Å². The summed E-state index contributed by atoms with van der Waals surface area (Å²) in [5.74, 6) is 0. The maximum atomic E-state index is 11.2. The molecule has 0 aliphatic carbocycles. The van der Waals surface area contributed by atoms with Gasteiger partial charge in [0.2, 0.25) is 10.0 Å². The minimum Gasteiger partial charge on any atom is -0.214 e. The Kier molecular flexibility index (Phi) is 2.54. The maximum Gasteiger partial charge on any atom is 0.240 e. The monoisotopic (exact) mass is 181 g/mol. The molecule has 1 aromatic rings. The van der Waals surface area contributed by atoms with Gasteiger partial charge in [-0.1, -0.05) is 17.6 Å². The lowest BCUT2D eigenvalue weighted by Gasteiger charge is -2.02. The average molecular weight is 181 g/mol. The lowest BCUT2D eigenvalue weighted by atomic mass is 9.97. The van der Waals surface area contributed by atoms with E-state index in [-0.39, 0.29) is 4.90 Å². The van der Waals surface area contributed by atoms with Crippen LogP contribution in [0.1, 0.15) is 0 Å². The standard InChI is InChI=1S/C7H8BNO2S/c1-9-12(10,11)7-4-2-3-6(8)5-7/h2-5,9H,1H3. The molecule has 62 valence electrons. The molecule has 0 fully saturated rings. The molecule has 0 atom stereocenters. The summed E-state index contributed by atoms with van der Waals surface area (Å²) in [6.45, 7) is 0. The summed E-state index contributed by atoms with van der Waals surface area (Å²) in [5, 5.41) is 0. The molecule has 0 saturated carbocycles. The predicted octanol–water partition coefficient (Wildman–Crippen LogP) is -0.611. The number of benzene rings is 1. The third kappa shape index (κ3) is 1.87. The molecule has 0 aromatic heterocycles. The van der Waals surface area contributed by atoms with E-state index in [2.05, 4.69) is 4.72 Å². The van der Waals surface area contributed by atoms with Gasteiger partial charge in [0.1, 0.15) is 7.85 Å². The predicted molar refractivity (Wildman–Crippen MR) is 48.1 cm³/mol. The van der Waals surface area contributed by atoms with Crippen molar-refractivity contribution >= 4 is 23.3 Å². The summed E-state index contributed by atoms with van der Waals surface area (Å²) in [4.78, 5) is 0.185. The van der Waals surface area contributed by atoms with E-state index in [9.17, 15) is 8.42 Å². The molecule has 3 nitrogen and oxygen atoms in total. The first kappa shape index (κ1) is 9.28. The van der Waals surface area contributed by atoms with Crippen molar-refractivity contribution in [2.75, 3.05) is 7.05 Å². The van der Waals surface area contributed by atoms with Crippen LogP contribution in [0.25, 0.3) is 0 Å². The summed E-state index contributed by atoms with van der Waals surface area (Å²) in [6.07, 6.45) is 0. The minimum absolute atomic E-state index is 0.185. The number of rotatable bonds is 2. The first-order valence-corrected chi connectivity index (χ1v) is 4.83. The van der Waals surface area contributed by atoms with Crippen LogP contribution in [0.2, 0.25) is 0 Å². The second-order valence-electron chi connectivity index (χ2n) is 2.28. The fraction of sp³-hybridized carbons (Fsp3) is 0.143. The largest absolute Gasteiger partial charge is 0.240 e. The normalized spacial score (nSPS) is 11.4. The molecule has 0 spiro atoms. The van der Waals surface area contributed by atoms with E-state index < -0.39 is 10.0 Å². The molecule has 0 amide bonds. The SMILES string of the molecule is [B]c1cccc(S(=O)(=O)NC)c1. The molecule has 5 heteroatoms. The van der Waals surface area contributed by atoms with E-state index in [0.717, 1.165) is 0 Å². The van der Waals surface area contributed by atoms with Crippen LogP contribution in [0.15, 0.2) is 29.2 Å². The molecule has 0 bridgehead atoms. The molecule has 0 saturated heterocycles. The van der Waals surface area contributed by atoms with Gasteiger partial charge >= 0.3 is 0 Å². The zero-order valence-electron chi connectivity index (χ0n) is 6.61. The van der Waals surface area contributed by atoms with Crippen LogP contribution in [-0.4, -0.2) is 23.3 Å². The van der Waals surface area contributed by atoms with Gasteiger partial charge in [-0.25, -0.2) is 13.1 Å². The molecule has 1 rings (SSSR count). The van der Waals surface area contributed by atoms with Crippen LogP contribution in [0.3, 0.4) is 0 Å². The van der Waals surface area contributed by atoms with Crippen molar-refractivity contribution in [1.29, 1.82) is 0 Å². The Labute approximate surface area is 73.3 Å². The Morgan fingerprint density at radius 1 is 1.42 bits per heavy atom. The van der Waals surface area contributed by atoms with Gasteiger partial charge in [0.05, 0.1) is 4.90 Å². The maximum absolute atomic E-state index is 11.2. The summed E-state index contributed by atoms with van der Waals surface area (Å²) in [6, 6.07) is 6.13. The van der Waals surface area contributed by atoms with Crippen molar-refractivity contribution < 1.29 is 8.42 Å². The van der Waals surface area contributed by atoms with Crippen LogP contribution in [0, 0.1) is 0 Å². The Hall–Kier alpha value is -0.805. The highest BCUT2D eigenvalue weighted by Crippen LogP contribution is 2.03. The first-order valence-electron chi connectivity index (χ1n) is 3.35.